The van der Waals surface area contributed by atoms with E-state index in [1.54, 1.807) is 24.7 Å². The molecule has 0 saturated carbocycles. The Balaban J connectivity index is 1.67. The van der Waals surface area contributed by atoms with Crippen LogP contribution in [0.25, 0.3) is 0 Å². The number of aromatic nitrogens is 2. The zero-order chi connectivity index (χ0) is 16.9. The molecule has 128 valence electrons. The van der Waals surface area contributed by atoms with Crippen LogP contribution in [0.1, 0.15) is 32.4 Å². The fraction of sp³-hybridized carbons (Fsp3) is 0.471. The number of rotatable bonds is 6. The molecule has 1 saturated heterocycles. The zero-order valence-corrected chi connectivity index (χ0v) is 13.9. The molecule has 0 bridgehead atoms. The van der Waals surface area contributed by atoms with Gasteiger partial charge in [-0.25, -0.2) is 0 Å². The third-order valence-electron chi connectivity index (χ3n) is 3.82. The average Bonchev–Trinajstić information content (AvgIpc) is 3.23. The van der Waals surface area contributed by atoms with Crippen molar-refractivity contribution in [3.8, 4) is 5.88 Å². The molecule has 0 radical (unpaired) electrons. The third-order valence-corrected chi connectivity index (χ3v) is 3.82. The summed E-state index contributed by atoms with van der Waals surface area (Å²) in [5, 5.41) is 2.92. The highest BCUT2D eigenvalue weighted by molar-refractivity contribution is 5.85. The second kappa shape index (κ2) is 7.33. The molecule has 0 aliphatic carbocycles. The minimum Gasteiger partial charge on any atom is -0.474 e. The maximum Gasteiger partial charge on any atom is 0.243 e. The Morgan fingerprint density at radius 2 is 2.38 bits per heavy atom. The molecule has 1 amide bonds. The van der Waals surface area contributed by atoms with E-state index in [0.29, 0.717) is 18.2 Å². The summed E-state index contributed by atoms with van der Waals surface area (Å²) >= 11 is 0. The van der Waals surface area contributed by atoms with E-state index in [-0.39, 0.29) is 18.1 Å². The first kappa shape index (κ1) is 16.3. The summed E-state index contributed by atoms with van der Waals surface area (Å²) in [6.07, 6.45) is 6.62. The Labute approximate surface area is 141 Å². The minimum absolute atomic E-state index is 0.0270. The molecule has 1 N–H and O–H groups in total. The van der Waals surface area contributed by atoms with Crippen molar-refractivity contribution in [2.75, 3.05) is 11.4 Å². The number of carbonyl (C=O) groups is 1. The molecule has 3 rings (SSSR count). The van der Waals surface area contributed by atoms with Crippen molar-refractivity contribution in [2.24, 2.45) is 0 Å². The van der Waals surface area contributed by atoms with Crippen molar-refractivity contribution >= 4 is 11.7 Å². The maximum absolute atomic E-state index is 12.5. The Morgan fingerprint density at radius 3 is 3.12 bits per heavy atom. The van der Waals surface area contributed by atoms with Crippen molar-refractivity contribution in [3.05, 3.63) is 36.5 Å². The van der Waals surface area contributed by atoms with Gasteiger partial charge in [-0.1, -0.05) is 0 Å². The Bertz CT molecular complexity index is 672. The van der Waals surface area contributed by atoms with Gasteiger partial charge in [-0.15, -0.1) is 0 Å². The lowest BCUT2D eigenvalue weighted by Crippen LogP contribution is -2.43. The molecule has 1 atom stereocenters. The van der Waals surface area contributed by atoms with E-state index < -0.39 is 0 Å². The summed E-state index contributed by atoms with van der Waals surface area (Å²) in [5.74, 6) is 1.86. The lowest BCUT2D eigenvalue weighted by Gasteiger charge is -2.24. The molecule has 1 aliphatic rings. The first-order valence-corrected chi connectivity index (χ1v) is 8.19. The number of hydrogen-bond acceptors (Lipinski definition) is 6. The molecule has 0 aromatic carbocycles. The molecule has 2 aromatic heterocycles. The Morgan fingerprint density at radius 1 is 1.50 bits per heavy atom. The highest BCUT2D eigenvalue weighted by Gasteiger charge is 2.32. The fourth-order valence-corrected chi connectivity index (χ4v) is 2.79. The number of nitrogens with zero attached hydrogens (tertiary/aromatic N) is 3. The Kier molecular flexibility index (Phi) is 4.98. The number of furan rings is 1. The van der Waals surface area contributed by atoms with E-state index in [0.717, 1.165) is 25.1 Å². The van der Waals surface area contributed by atoms with Crippen LogP contribution in [0.2, 0.25) is 0 Å². The topological polar surface area (TPSA) is 80.5 Å². The van der Waals surface area contributed by atoms with Gasteiger partial charge in [-0.05, 0) is 38.8 Å². The van der Waals surface area contributed by atoms with Crippen LogP contribution < -0.4 is 15.0 Å². The van der Waals surface area contributed by atoms with Crippen molar-refractivity contribution < 1.29 is 13.9 Å². The van der Waals surface area contributed by atoms with Gasteiger partial charge in [0, 0.05) is 6.54 Å². The van der Waals surface area contributed by atoms with Gasteiger partial charge in [0.25, 0.3) is 0 Å². The van der Waals surface area contributed by atoms with Crippen LogP contribution >= 0.6 is 0 Å². The number of anilines is 1. The second-order valence-corrected chi connectivity index (χ2v) is 6.03. The molecular formula is C17H22N4O3. The molecule has 24 heavy (non-hydrogen) atoms. The SMILES string of the molecule is CC(C)Oc1cncc(N2CCC[C@@H]2C(=O)NCc2ccco2)n1. The monoisotopic (exact) mass is 330 g/mol. The van der Waals surface area contributed by atoms with Crippen LogP contribution in [0.4, 0.5) is 5.82 Å². The number of nitrogens with one attached hydrogen (secondary N) is 1. The summed E-state index contributed by atoms with van der Waals surface area (Å²) < 4.78 is 10.8. The summed E-state index contributed by atoms with van der Waals surface area (Å²) in [6.45, 7) is 5.04. The predicted molar refractivity (Wildman–Crippen MR) is 88.7 cm³/mol. The molecule has 7 nitrogen and oxygen atoms in total. The van der Waals surface area contributed by atoms with E-state index in [4.69, 9.17) is 9.15 Å². The highest BCUT2D eigenvalue weighted by atomic mass is 16.5. The smallest absolute Gasteiger partial charge is 0.243 e. The highest BCUT2D eigenvalue weighted by Crippen LogP contribution is 2.25. The fourth-order valence-electron chi connectivity index (χ4n) is 2.79. The average molecular weight is 330 g/mol. The van der Waals surface area contributed by atoms with Gasteiger partial charge >= 0.3 is 0 Å². The minimum atomic E-state index is -0.247. The number of ether oxygens (including phenoxy) is 1. The second-order valence-electron chi connectivity index (χ2n) is 6.03. The summed E-state index contributed by atoms with van der Waals surface area (Å²) in [7, 11) is 0. The van der Waals surface area contributed by atoms with Gasteiger partial charge in [0.2, 0.25) is 11.8 Å². The molecule has 3 heterocycles. The first-order valence-electron chi connectivity index (χ1n) is 8.19. The van der Waals surface area contributed by atoms with E-state index >= 15 is 0 Å². The lowest BCUT2D eigenvalue weighted by atomic mass is 10.2. The van der Waals surface area contributed by atoms with Gasteiger partial charge < -0.3 is 19.4 Å². The van der Waals surface area contributed by atoms with Gasteiger partial charge in [-0.3, -0.25) is 9.78 Å². The van der Waals surface area contributed by atoms with E-state index in [1.807, 2.05) is 24.8 Å². The molecule has 1 aliphatic heterocycles. The summed E-state index contributed by atoms with van der Waals surface area (Å²) in [6, 6.07) is 3.40. The van der Waals surface area contributed by atoms with Crippen LogP contribution in [0.5, 0.6) is 5.88 Å². The maximum atomic E-state index is 12.5. The largest absolute Gasteiger partial charge is 0.474 e. The van der Waals surface area contributed by atoms with Gasteiger partial charge in [0.15, 0.2) is 5.82 Å². The Hall–Kier alpha value is -2.57. The molecule has 0 spiro atoms. The van der Waals surface area contributed by atoms with Crippen LogP contribution in [-0.4, -0.2) is 34.6 Å². The number of hydrogen-bond donors (Lipinski definition) is 1. The van der Waals surface area contributed by atoms with Crippen molar-refractivity contribution in [3.63, 3.8) is 0 Å². The van der Waals surface area contributed by atoms with Crippen molar-refractivity contribution in [1.82, 2.24) is 15.3 Å². The molecule has 7 heteroatoms. The summed E-state index contributed by atoms with van der Waals surface area (Å²) in [5.41, 5.74) is 0. The lowest BCUT2D eigenvalue weighted by molar-refractivity contribution is -0.122. The standard InChI is InChI=1S/C17H22N4O3/c1-12(2)24-16-11-18-10-15(20-16)21-7-3-6-14(21)17(22)19-9-13-5-4-8-23-13/h4-5,8,10-12,14H,3,6-7,9H2,1-2H3,(H,19,22)/t14-/m1/s1. The molecular weight excluding hydrogens is 308 g/mol. The van der Waals surface area contributed by atoms with Gasteiger partial charge in [0.1, 0.15) is 11.8 Å². The van der Waals surface area contributed by atoms with E-state index in [9.17, 15) is 4.79 Å². The van der Waals surface area contributed by atoms with Crippen LogP contribution in [0.15, 0.2) is 35.2 Å². The molecule has 0 unspecified atom stereocenters. The summed E-state index contributed by atoms with van der Waals surface area (Å²) in [4.78, 5) is 23.2. The normalized spacial score (nSPS) is 17.3. The molecule has 1 fully saturated rings. The predicted octanol–water partition coefficient (Wildman–Crippen LogP) is 2.14. The van der Waals surface area contributed by atoms with Crippen LogP contribution in [-0.2, 0) is 11.3 Å². The van der Waals surface area contributed by atoms with Crippen molar-refractivity contribution in [2.45, 2.75) is 45.4 Å². The van der Waals surface area contributed by atoms with Crippen molar-refractivity contribution in [1.29, 1.82) is 0 Å². The van der Waals surface area contributed by atoms with Gasteiger partial charge in [-0.2, -0.15) is 4.98 Å². The van der Waals surface area contributed by atoms with Gasteiger partial charge in [0.05, 0.1) is 31.3 Å². The molecule has 2 aromatic rings. The number of amides is 1. The van der Waals surface area contributed by atoms with E-state index in [1.165, 1.54) is 0 Å². The quantitative estimate of drug-likeness (QED) is 0.874. The van der Waals surface area contributed by atoms with Crippen LogP contribution in [0, 0.1) is 0 Å². The zero-order valence-electron chi connectivity index (χ0n) is 13.9. The number of carbonyl (C=O) groups excluding carboxylic acids is 1. The van der Waals surface area contributed by atoms with Crippen LogP contribution in [0.3, 0.4) is 0 Å². The first-order chi connectivity index (χ1) is 11.6. The van der Waals surface area contributed by atoms with E-state index in [2.05, 4.69) is 15.3 Å². The third kappa shape index (κ3) is 3.84.